The third kappa shape index (κ3) is 7.62. The molecule has 0 bridgehead atoms. The zero-order valence-corrected chi connectivity index (χ0v) is 18.1. The van der Waals surface area contributed by atoms with Gasteiger partial charge in [0.15, 0.2) is 11.5 Å². The van der Waals surface area contributed by atoms with E-state index in [1.807, 2.05) is 43.3 Å². The first-order valence-corrected chi connectivity index (χ1v) is 10.00. The van der Waals surface area contributed by atoms with E-state index in [0.29, 0.717) is 13.2 Å². The van der Waals surface area contributed by atoms with Gasteiger partial charge in [0, 0.05) is 11.6 Å². The van der Waals surface area contributed by atoms with Gasteiger partial charge in [-0.15, -0.1) is 12.4 Å². The minimum absolute atomic E-state index is 0. The largest absolute Gasteiger partial charge is 0.490 e. The van der Waals surface area contributed by atoms with Crippen LogP contribution in [0.15, 0.2) is 72.8 Å². The van der Waals surface area contributed by atoms with Gasteiger partial charge in [0.05, 0.1) is 6.61 Å². The molecule has 154 valence electrons. The molecule has 5 heteroatoms. The van der Waals surface area contributed by atoms with Gasteiger partial charge < -0.3 is 14.8 Å². The highest BCUT2D eigenvalue weighted by Gasteiger charge is 2.07. The van der Waals surface area contributed by atoms with E-state index in [9.17, 15) is 0 Å². The van der Waals surface area contributed by atoms with Crippen LogP contribution >= 0.6 is 24.0 Å². The highest BCUT2D eigenvalue weighted by Crippen LogP contribution is 2.29. The predicted octanol–water partition coefficient (Wildman–Crippen LogP) is 6.07. The first kappa shape index (κ1) is 23.1. The van der Waals surface area contributed by atoms with Gasteiger partial charge in [-0.2, -0.15) is 0 Å². The molecule has 3 nitrogen and oxygen atoms in total. The molecule has 29 heavy (non-hydrogen) atoms. The molecule has 0 radical (unpaired) electrons. The molecule has 0 saturated heterocycles. The summed E-state index contributed by atoms with van der Waals surface area (Å²) >= 11 is 5.93. The summed E-state index contributed by atoms with van der Waals surface area (Å²) in [5, 5.41) is 4.22. The van der Waals surface area contributed by atoms with Crippen LogP contribution in [0.5, 0.6) is 11.5 Å². The Bertz CT molecular complexity index is 855. The zero-order valence-electron chi connectivity index (χ0n) is 16.6. The maximum atomic E-state index is 5.97. The minimum atomic E-state index is 0. The van der Waals surface area contributed by atoms with Crippen molar-refractivity contribution in [1.82, 2.24) is 5.32 Å². The van der Waals surface area contributed by atoms with Gasteiger partial charge >= 0.3 is 0 Å². The summed E-state index contributed by atoms with van der Waals surface area (Å²) in [6.07, 6.45) is 1.02. The second kappa shape index (κ2) is 12.4. The fourth-order valence-corrected chi connectivity index (χ4v) is 3.03. The topological polar surface area (TPSA) is 30.5 Å². The fourth-order valence-electron chi connectivity index (χ4n) is 2.90. The Morgan fingerprint density at radius 2 is 1.52 bits per heavy atom. The number of halogens is 2. The molecule has 0 spiro atoms. The van der Waals surface area contributed by atoms with E-state index >= 15 is 0 Å². The molecule has 0 unspecified atom stereocenters. The van der Waals surface area contributed by atoms with Crippen LogP contribution in [0.3, 0.4) is 0 Å². The number of hydrogen-bond acceptors (Lipinski definition) is 3. The Labute approximate surface area is 184 Å². The molecule has 3 aromatic carbocycles. The van der Waals surface area contributed by atoms with Gasteiger partial charge in [0.2, 0.25) is 0 Å². The molecular weight excluding hydrogens is 405 g/mol. The average Bonchev–Trinajstić information content (AvgIpc) is 2.73. The average molecular weight is 432 g/mol. The van der Waals surface area contributed by atoms with Crippen LogP contribution in [0.2, 0.25) is 5.02 Å². The SMILES string of the molecule is CCOc1cc(CNCCc2ccccc2)ccc1OCc1ccc(Cl)cc1.Cl. The Balaban J connectivity index is 0.00000300. The van der Waals surface area contributed by atoms with Crippen LogP contribution in [0.4, 0.5) is 0 Å². The number of hydrogen-bond donors (Lipinski definition) is 1. The highest BCUT2D eigenvalue weighted by atomic mass is 35.5. The van der Waals surface area contributed by atoms with E-state index in [-0.39, 0.29) is 12.4 Å². The summed E-state index contributed by atoms with van der Waals surface area (Å²) in [6, 6.07) is 24.3. The quantitative estimate of drug-likeness (QED) is 0.395. The minimum Gasteiger partial charge on any atom is -0.490 e. The molecule has 0 aliphatic carbocycles. The van der Waals surface area contributed by atoms with Crippen molar-refractivity contribution in [1.29, 1.82) is 0 Å². The predicted molar refractivity (Wildman–Crippen MR) is 122 cm³/mol. The van der Waals surface area contributed by atoms with Crippen molar-refractivity contribution in [3.05, 3.63) is 94.5 Å². The molecule has 0 aliphatic rings. The molecule has 1 N–H and O–H groups in total. The fraction of sp³-hybridized carbons (Fsp3) is 0.250. The van der Waals surface area contributed by atoms with Crippen LogP contribution < -0.4 is 14.8 Å². The van der Waals surface area contributed by atoms with Crippen molar-refractivity contribution in [2.45, 2.75) is 26.5 Å². The maximum absolute atomic E-state index is 5.97. The second-order valence-electron chi connectivity index (χ2n) is 6.54. The Hall–Kier alpha value is -2.20. The van der Waals surface area contributed by atoms with E-state index in [2.05, 4.69) is 41.7 Å². The van der Waals surface area contributed by atoms with Gasteiger partial charge in [-0.3, -0.25) is 0 Å². The lowest BCUT2D eigenvalue weighted by Gasteiger charge is -2.14. The molecule has 0 aliphatic heterocycles. The zero-order chi connectivity index (χ0) is 19.6. The lowest BCUT2D eigenvalue weighted by Crippen LogP contribution is -2.16. The summed E-state index contributed by atoms with van der Waals surface area (Å²) in [4.78, 5) is 0. The monoisotopic (exact) mass is 431 g/mol. The molecule has 0 fully saturated rings. The van der Waals surface area contributed by atoms with E-state index in [4.69, 9.17) is 21.1 Å². The molecule has 3 aromatic rings. The molecule has 3 rings (SSSR count). The van der Waals surface area contributed by atoms with E-state index < -0.39 is 0 Å². The first-order chi connectivity index (χ1) is 13.7. The number of nitrogens with one attached hydrogen (secondary N) is 1. The summed E-state index contributed by atoms with van der Waals surface area (Å²) in [7, 11) is 0. The van der Waals surface area contributed by atoms with E-state index in [1.54, 1.807) is 0 Å². The molecule has 0 atom stereocenters. The van der Waals surface area contributed by atoms with E-state index in [1.165, 1.54) is 11.1 Å². The number of ether oxygens (including phenoxy) is 2. The van der Waals surface area contributed by atoms with Crippen LogP contribution in [-0.2, 0) is 19.6 Å². The third-order valence-corrected chi connectivity index (χ3v) is 4.63. The van der Waals surface area contributed by atoms with Crippen molar-refractivity contribution in [3.63, 3.8) is 0 Å². The van der Waals surface area contributed by atoms with Crippen LogP contribution in [0, 0.1) is 0 Å². The smallest absolute Gasteiger partial charge is 0.161 e. The highest BCUT2D eigenvalue weighted by molar-refractivity contribution is 6.30. The standard InChI is InChI=1S/C24H26ClNO2.ClH/c1-2-27-24-16-21(17-26-15-14-19-6-4-3-5-7-19)10-13-23(24)28-18-20-8-11-22(25)12-9-20;/h3-13,16,26H,2,14-15,17-18H2,1H3;1H. The van der Waals surface area contributed by atoms with Crippen molar-refractivity contribution in [2.75, 3.05) is 13.2 Å². The molecule has 0 heterocycles. The maximum Gasteiger partial charge on any atom is 0.161 e. The first-order valence-electron chi connectivity index (χ1n) is 9.62. The van der Waals surface area contributed by atoms with Gasteiger partial charge in [-0.05, 0) is 60.8 Å². The number of benzene rings is 3. The third-order valence-electron chi connectivity index (χ3n) is 4.38. The molecular formula is C24H27Cl2NO2. The van der Waals surface area contributed by atoms with Crippen LogP contribution in [0.1, 0.15) is 23.6 Å². The van der Waals surface area contributed by atoms with Crippen molar-refractivity contribution < 1.29 is 9.47 Å². The summed E-state index contributed by atoms with van der Waals surface area (Å²) in [5.74, 6) is 1.53. The number of rotatable bonds is 10. The summed E-state index contributed by atoms with van der Waals surface area (Å²) in [6.45, 7) is 4.79. The van der Waals surface area contributed by atoms with E-state index in [0.717, 1.165) is 41.6 Å². The van der Waals surface area contributed by atoms with Gasteiger partial charge in [0.25, 0.3) is 0 Å². The summed E-state index contributed by atoms with van der Waals surface area (Å²) < 4.78 is 11.8. The lowest BCUT2D eigenvalue weighted by atomic mass is 10.1. The Morgan fingerprint density at radius 1 is 0.793 bits per heavy atom. The van der Waals surface area contributed by atoms with Crippen LogP contribution in [-0.4, -0.2) is 13.2 Å². The van der Waals surface area contributed by atoms with Gasteiger partial charge in [-0.1, -0.05) is 60.1 Å². The second-order valence-corrected chi connectivity index (χ2v) is 6.98. The Kier molecular flexibility index (Phi) is 9.85. The van der Waals surface area contributed by atoms with Gasteiger partial charge in [0.1, 0.15) is 6.61 Å². The molecule has 0 aromatic heterocycles. The van der Waals surface area contributed by atoms with Crippen molar-refractivity contribution >= 4 is 24.0 Å². The summed E-state index contributed by atoms with van der Waals surface area (Å²) in [5.41, 5.74) is 3.59. The Morgan fingerprint density at radius 3 is 2.24 bits per heavy atom. The molecule has 0 saturated carbocycles. The van der Waals surface area contributed by atoms with Crippen molar-refractivity contribution in [3.8, 4) is 11.5 Å². The van der Waals surface area contributed by atoms with Crippen molar-refractivity contribution in [2.24, 2.45) is 0 Å². The van der Waals surface area contributed by atoms with Gasteiger partial charge in [-0.25, -0.2) is 0 Å². The molecule has 0 amide bonds. The van der Waals surface area contributed by atoms with Crippen LogP contribution in [0.25, 0.3) is 0 Å². The normalized spacial score (nSPS) is 10.3. The lowest BCUT2D eigenvalue weighted by molar-refractivity contribution is 0.269.